The van der Waals surface area contributed by atoms with E-state index in [1.54, 1.807) is 0 Å². The Morgan fingerprint density at radius 1 is 1.46 bits per heavy atom. The van der Waals surface area contributed by atoms with Gasteiger partial charge in [-0.2, -0.15) is 0 Å². The molecule has 0 spiro atoms. The Morgan fingerprint density at radius 3 is 2.69 bits per heavy atom. The van der Waals surface area contributed by atoms with Crippen molar-refractivity contribution in [1.29, 1.82) is 0 Å². The van der Waals surface area contributed by atoms with Gasteiger partial charge < -0.3 is 11.1 Å². The van der Waals surface area contributed by atoms with Gasteiger partial charge in [-0.3, -0.25) is 0 Å². The quantitative estimate of drug-likeness (QED) is 0.849. The fourth-order valence-electron chi connectivity index (χ4n) is 1.32. The minimum absolute atomic E-state index is 0.251. The molecular weight excluding hydrogens is 228 g/mol. The number of hydrogen-bond donors (Lipinski definition) is 2. The Balaban J connectivity index is 2.84. The van der Waals surface area contributed by atoms with Gasteiger partial charge in [-0.15, -0.1) is 0 Å². The maximum atomic E-state index is 5.68. The van der Waals surface area contributed by atoms with E-state index in [0.717, 1.165) is 11.0 Å². The smallest absolute Gasteiger partial charge is 0.0455 e. The zero-order chi connectivity index (χ0) is 9.68. The van der Waals surface area contributed by atoms with E-state index in [1.165, 1.54) is 5.56 Å². The van der Waals surface area contributed by atoms with Crippen LogP contribution in [0, 0.1) is 0 Å². The molecule has 0 radical (unpaired) electrons. The topological polar surface area (TPSA) is 38.0 Å². The highest BCUT2D eigenvalue weighted by atomic mass is 79.9. The van der Waals surface area contributed by atoms with Crippen molar-refractivity contribution in [3.63, 3.8) is 0 Å². The Kier molecular flexibility index (Phi) is 4.42. The molecule has 1 atom stereocenters. The first kappa shape index (κ1) is 10.7. The van der Waals surface area contributed by atoms with Crippen LogP contribution in [0.1, 0.15) is 18.5 Å². The molecule has 0 saturated heterocycles. The summed E-state index contributed by atoms with van der Waals surface area (Å²) in [5.74, 6) is 0. The van der Waals surface area contributed by atoms with Crippen molar-refractivity contribution in [1.82, 2.24) is 5.32 Å². The van der Waals surface area contributed by atoms with Crippen molar-refractivity contribution in [3.05, 3.63) is 34.3 Å². The number of nitrogens with one attached hydrogen (secondary N) is 1. The van der Waals surface area contributed by atoms with Crippen LogP contribution in [-0.2, 0) is 0 Å². The fraction of sp³-hybridized carbons (Fsp3) is 0.400. The number of likely N-dealkylation sites (N-methyl/N-ethyl adjacent to an activating group) is 1. The van der Waals surface area contributed by atoms with E-state index in [9.17, 15) is 0 Å². The first-order chi connectivity index (χ1) is 6.29. The average Bonchev–Trinajstić information content (AvgIpc) is 2.16. The molecule has 13 heavy (non-hydrogen) atoms. The number of nitrogens with two attached hydrogens (primary N) is 1. The second-order valence-electron chi connectivity index (χ2n) is 2.87. The summed E-state index contributed by atoms with van der Waals surface area (Å²) in [7, 11) is 0. The molecule has 1 rings (SSSR count). The van der Waals surface area contributed by atoms with E-state index >= 15 is 0 Å². The number of halogens is 1. The highest BCUT2D eigenvalue weighted by molar-refractivity contribution is 9.10. The van der Waals surface area contributed by atoms with Gasteiger partial charge in [0.25, 0.3) is 0 Å². The molecular formula is C10H15BrN2. The summed E-state index contributed by atoms with van der Waals surface area (Å²) in [4.78, 5) is 0. The second-order valence-corrected chi connectivity index (χ2v) is 3.72. The first-order valence-electron chi connectivity index (χ1n) is 4.47. The molecule has 0 bridgehead atoms. The van der Waals surface area contributed by atoms with E-state index < -0.39 is 0 Å². The largest absolute Gasteiger partial charge is 0.329 e. The molecule has 1 aromatic rings. The highest BCUT2D eigenvalue weighted by Crippen LogP contribution is 2.22. The normalized spacial score (nSPS) is 12.8. The SMILES string of the molecule is CCNC(CN)c1ccccc1Br. The zero-order valence-electron chi connectivity index (χ0n) is 7.76. The second kappa shape index (κ2) is 5.37. The zero-order valence-corrected chi connectivity index (χ0v) is 9.34. The number of rotatable bonds is 4. The van der Waals surface area contributed by atoms with Crippen LogP contribution < -0.4 is 11.1 Å². The van der Waals surface area contributed by atoms with Gasteiger partial charge in [0.1, 0.15) is 0 Å². The van der Waals surface area contributed by atoms with Crippen LogP contribution in [0.15, 0.2) is 28.7 Å². The summed E-state index contributed by atoms with van der Waals surface area (Å²) in [6.45, 7) is 3.64. The summed E-state index contributed by atoms with van der Waals surface area (Å²) in [5.41, 5.74) is 6.90. The minimum Gasteiger partial charge on any atom is -0.329 e. The molecule has 3 N–H and O–H groups in total. The van der Waals surface area contributed by atoms with E-state index in [4.69, 9.17) is 5.73 Å². The summed E-state index contributed by atoms with van der Waals surface area (Å²) in [5, 5.41) is 3.33. The molecule has 0 aliphatic carbocycles. The minimum atomic E-state index is 0.251. The molecule has 0 saturated carbocycles. The van der Waals surface area contributed by atoms with Crippen molar-refractivity contribution >= 4 is 15.9 Å². The maximum Gasteiger partial charge on any atom is 0.0455 e. The number of benzene rings is 1. The van der Waals surface area contributed by atoms with Gasteiger partial charge >= 0.3 is 0 Å². The summed E-state index contributed by atoms with van der Waals surface area (Å²) in [6.07, 6.45) is 0. The molecule has 0 aliphatic rings. The maximum absolute atomic E-state index is 5.68. The fourth-order valence-corrected chi connectivity index (χ4v) is 1.89. The van der Waals surface area contributed by atoms with Gasteiger partial charge in [-0.25, -0.2) is 0 Å². The van der Waals surface area contributed by atoms with Gasteiger partial charge in [0.2, 0.25) is 0 Å². The molecule has 0 amide bonds. The Morgan fingerprint density at radius 2 is 2.15 bits per heavy atom. The van der Waals surface area contributed by atoms with Crippen molar-refractivity contribution in [2.24, 2.45) is 5.73 Å². The van der Waals surface area contributed by atoms with Crippen LogP contribution in [0.3, 0.4) is 0 Å². The molecule has 0 aromatic heterocycles. The molecule has 2 nitrogen and oxygen atoms in total. The van der Waals surface area contributed by atoms with Crippen molar-refractivity contribution < 1.29 is 0 Å². The third-order valence-electron chi connectivity index (χ3n) is 1.97. The van der Waals surface area contributed by atoms with Gasteiger partial charge in [0.15, 0.2) is 0 Å². The van der Waals surface area contributed by atoms with Crippen molar-refractivity contribution in [2.75, 3.05) is 13.1 Å². The Labute approximate surface area is 87.6 Å². The third kappa shape index (κ3) is 2.79. The predicted molar refractivity (Wildman–Crippen MR) is 59.6 cm³/mol. The van der Waals surface area contributed by atoms with Crippen LogP contribution in [0.2, 0.25) is 0 Å². The van der Waals surface area contributed by atoms with Crippen LogP contribution in [0.4, 0.5) is 0 Å². The lowest BCUT2D eigenvalue weighted by Gasteiger charge is -2.17. The molecule has 0 aliphatic heterocycles. The standard InChI is InChI=1S/C10H15BrN2/c1-2-13-10(7-12)8-5-3-4-6-9(8)11/h3-6,10,13H,2,7,12H2,1H3. The first-order valence-corrected chi connectivity index (χ1v) is 5.26. The summed E-state index contributed by atoms with van der Waals surface area (Å²) in [6, 6.07) is 8.41. The number of hydrogen-bond acceptors (Lipinski definition) is 2. The average molecular weight is 243 g/mol. The lowest BCUT2D eigenvalue weighted by Crippen LogP contribution is -2.28. The highest BCUT2D eigenvalue weighted by Gasteiger charge is 2.09. The molecule has 0 fully saturated rings. The summed E-state index contributed by atoms with van der Waals surface area (Å²) < 4.78 is 1.12. The lowest BCUT2D eigenvalue weighted by molar-refractivity contribution is 0.560. The third-order valence-corrected chi connectivity index (χ3v) is 2.69. The van der Waals surface area contributed by atoms with Gasteiger partial charge in [-0.1, -0.05) is 41.1 Å². The van der Waals surface area contributed by atoms with Crippen molar-refractivity contribution in [2.45, 2.75) is 13.0 Å². The van der Waals surface area contributed by atoms with Crippen LogP contribution in [0.5, 0.6) is 0 Å². The molecule has 3 heteroatoms. The van der Waals surface area contributed by atoms with E-state index in [2.05, 4.69) is 34.2 Å². The van der Waals surface area contributed by atoms with Gasteiger partial charge in [-0.05, 0) is 18.2 Å². The van der Waals surface area contributed by atoms with E-state index in [1.807, 2.05) is 18.2 Å². The predicted octanol–water partition coefficient (Wildman–Crippen LogP) is 2.06. The van der Waals surface area contributed by atoms with Gasteiger partial charge in [0, 0.05) is 17.1 Å². The Bertz CT molecular complexity index is 263. The van der Waals surface area contributed by atoms with Crippen molar-refractivity contribution in [3.8, 4) is 0 Å². The summed E-state index contributed by atoms with van der Waals surface area (Å²) >= 11 is 3.51. The Hall–Kier alpha value is -0.380. The van der Waals surface area contributed by atoms with Crippen LogP contribution >= 0.6 is 15.9 Å². The molecule has 0 heterocycles. The van der Waals surface area contributed by atoms with Gasteiger partial charge in [0.05, 0.1) is 0 Å². The van der Waals surface area contributed by atoms with E-state index in [0.29, 0.717) is 6.54 Å². The van der Waals surface area contributed by atoms with Crippen LogP contribution in [0.25, 0.3) is 0 Å². The molecule has 1 unspecified atom stereocenters. The monoisotopic (exact) mass is 242 g/mol. The van der Waals surface area contributed by atoms with E-state index in [-0.39, 0.29) is 6.04 Å². The molecule has 72 valence electrons. The van der Waals surface area contributed by atoms with Crippen LogP contribution in [-0.4, -0.2) is 13.1 Å². The lowest BCUT2D eigenvalue weighted by atomic mass is 10.1. The molecule has 1 aromatic carbocycles.